The second kappa shape index (κ2) is 5.65. The lowest BCUT2D eigenvalue weighted by atomic mass is 9.87. The summed E-state index contributed by atoms with van der Waals surface area (Å²) >= 11 is 0. The van der Waals surface area contributed by atoms with Crippen molar-refractivity contribution < 1.29 is 0 Å². The van der Waals surface area contributed by atoms with Crippen LogP contribution in [0.1, 0.15) is 24.5 Å². The lowest BCUT2D eigenvalue weighted by Crippen LogP contribution is -2.42. The molecule has 1 aliphatic heterocycles. The van der Waals surface area contributed by atoms with Crippen LogP contribution >= 0.6 is 0 Å². The first-order valence-electron chi connectivity index (χ1n) is 6.67. The fourth-order valence-electron chi connectivity index (χ4n) is 2.63. The molecule has 0 radical (unpaired) electrons. The normalized spacial score (nSPS) is 26.1. The molecule has 0 aromatic heterocycles. The summed E-state index contributed by atoms with van der Waals surface area (Å²) in [6.45, 7) is 8.74. The first-order valence-corrected chi connectivity index (χ1v) is 6.67. The number of likely N-dealkylation sites (tertiary alicyclic amines) is 1. The van der Waals surface area contributed by atoms with Gasteiger partial charge >= 0.3 is 0 Å². The molecular weight excluding hydrogens is 208 g/mol. The highest BCUT2D eigenvalue weighted by Gasteiger charge is 2.24. The molecule has 1 saturated heterocycles. The van der Waals surface area contributed by atoms with E-state index < -0.39 is 0 Å². The van der Waals surface area contributed by atoms with Gasteiger partial charge in [0.15, 0.2) is 0 Å². The first kappa shape index (κ1) is 12.6. The van der Waals surface area contributed by atoms with Crippen LogP contribution in [-0.2, 0) is 6.54 Å². The molecule has 94 valence electrons. The fraction of sp³-hybridized carbons (Fsp3) is 0.600. The number of benzene rings is 1. The molecule has 2 nitrogen and oxygen atoms in total. The Labute approximate surface area is 105 Å². The highest BCUT2D eigenvalue weighted by molar-refractivity contribution is 5.21. The molecule has 2 atom stereocenters. The van der Waals surface area contributed by atoms with Crippen molar-refractivity contribution in [3.8, 4) is 0 Å². The van der Waals surface area contributed by atoms with Crippen molar-refractivity contribution in [3.05, 3.63) is 35.4 Å². The lowest BCUT2D eigenvalue weighted by Gasteiger charge is -2.36. The Morgan fingerprint density at radius 1 is 1.29 bits per heavy atom. The Kier molecular flexibility index (Phi) is 4.19. The molecule has 1 aliphatic rings. The van der Waals surface area contributed by atoms with Crippen molar-refractivity contribution in [1.82, 2.24) is 4.90 Å². The van der Waals surface area contributed by atoms with Crippen LogP contribution in [-0.4, -0.2) is 24.5 Å². The van der Waals surface area contributed by atoms with Crippen LogP contribution in [0.4, 0.5) is 0 Å². The predicted molar refractivity (Wildman–Crippen MR) is 72.8 cm³/mol. The average Bonchev–Trinajstić information content (AvgIpc) is 2.34. The second-order valence-corrected chi connectivity index (χ2v) is 5.48. The molecule has 1 heterocycles. The summed E-state index contributed by atoms with van der Waals surface area (Å²) in [5.74, 6) is 1.46. The molecule has 0 amide bonds. The van der Waals surface area contributed by atoms with Gasteiger partial charge in [0.1, 0.15) is 0 Å². The van der Waals surface area contributed by atoms with Gasteiger partial charge in [0.2, 0.25) is 0 Å². The van der Waals surface area contributed by atoms with Gasteiger partial charge in [-0.25, -0.2) is 0 Å². The molecule has 0 bridgehead atoms. The summed E-state index contributed by atoms with van der Waals surface area (Å²) in [4.78, 5) is 2.54. The maximum absolute atomic E-state index is 5.84. The molecule has 1 fully saturated rings. The number of nitrogens with two attached hydrogens (primary N) is 1. The number of aryl methyl sites for hydroxylation is 1. The largest absolute Gasteiger partial charge is 0.330 e. The minimum Gasteiger partial charge on any atom is -0.330 e. The van der Waals surface area contributed by atoms with Gasteiger partial charge in [0, 0.05) is 13.1 Å². The zero-order chi connectivity index (χ0) is 12.3. The van der Waals surface area contributed by atoms with Crippen LogP contribution in [0.2, 0.25) is 0 Å². The van der Waals surface area contributed by atoms with Crippen LogP contribution in [0.5, 0.6) is 0 Å². The molecule has 2 rings (SSSR count). The molecule has 1 aromatic carbocycles. The van der Waals surface area contributed by atoms with Crippen molar-refractivity contribution in [2.75, 3.05) is 19.6 Å². The van der Waals surface area contributed by atoms with E-state index in [2.05, 4.69) is 43.0 Å². The SMILES string of the molecule is Cc1ccc(CN2CCC(C)C(CN)C2)cc1. The number of hydrogen-bond acceptors (Lipinski definition) is 2. The van der Waals surface area contributed by atoms with E-state index in [0.717, 1.165) is 25.6 Å². The summed E-state index contributed by atoms with van der Waals surface area (Å²) in [5.41, 5.74) is 8.59. The molecule has 2 unspecified atom stereocenters. The molecule has 0 spiro atoms. The lowest BCUT2D eigenvalue weighted by molar-refractivity contribution is 0.126. The number of rotatable bonds is 3. The quantitative estimate of drug-likeness (QED) is 0.867. The van der Waals surface area contributed by atoms with Gasteiger partial charge < -0.3 is 5.73 Å². The van der Waals surface area contributed by atoms with Crippen LogP contribution in [0.15, 0.2) is 24.3 Å². The Morgan fingerprint density at radius 3 is 2.65 bits per heavy atom. The maximum Gasteiger partial charge on any atom is 0.0233 e. The third kappa shape index (κ3) is 3.30. The van der Waals surface area contributed by atoms with Crippen molar-refractivity contribution in [3.63, 3.8) is 0 Å². The zero-order valence-electron chi connectivity index (χ0n) is 11.0. The Hall–Kier alpha value is -0.860. The number of hydrogen-bond donors (Lipinski definition) is 1. The van der Waals surface area contributed by atoms with Crippen molar-refractivity contribution in [2.45, 2.75) is 26.8 Å². The minimum atomic E-state index is 0.675. The first-order chi connectivity index (χ1) is 8.19. The number of nitrogens with zero attached hydrogens (tertiary/aromatic N) is 1. The summed E-state index contributed by atoms with van der Waals surface area (Å²) < 4.78 is 0. The molecule has 17 heavy (non-hydrogen) atoms. The van der Waals surface area contributed by atoms with E-state index in [1.165, 1.54) is 24.1 Å². The molecule has 0 aliphatic carbocycles. The predicted octanol–water partition coefficient (Wildman–Crippen LogP) is 2.41. The van der Waals surface area contributed by atoms with Crippen molar-refractivity contribution in [2.24, 2.45) is 17.6 Å². The second-order valence-electron chi connectivity index (χ2n) is 5.48. The van der Waals surface area contributed by atoms with Gasteiger partial charge in [0.25, 0.3) is 0 Å². The van der Waals surface area contributed by atoms with Gasteiger partial charge in [-0.15, -0.1) is 0 Å². The monoisotopic (exact) mass is 232 g/mol. The van der Waals surface area contributed by atoms with Gasteiger partial charge in [0.05, 0.1) is 0 Å². The summed E-state index contributed by atoms with van der Waals surface area (Å²) in [5, 5.41) is 0. The molecular formula is C15H24N2. The van der Waals surface area contributed by atoms with Crippen LogP contribution in [0.25, 0.3) is 0 Å². The molecule has 1 aromatic rings. The maximum atomic E-state index is 5.84. The smallest absolute Gasteiger partial charge is 0.0233 e. The topological polar surface area (TPSA) is 29.3 Å². The summed E-state index contributed by atoms with van der Waals surface area (Å²) in [6, 6.07) is 8.88. The van der Waals surface area contributed by atoms with Crippen molar-refractivity contribution in [1.29, 1.82) is 0 Å². The van der Waals surface area contributed by atoms with E-state index in [4.69, 9.17) is 5.73 Å². The third-order valence-corrected chi connectivity index (χ3v) is 4.03. The highest BCUT2D eigenvalue weighted by atomic mass is 15.1. The Morgan fingerprint density at radius 2 is 2.00 bits per heavy atom. The van der Waals surface area contributed by atoms with Gasteiger partial charge in [-0.3, -0.25) is 4.90 Å². The summed E-state index contributed by atoms with van der Waals surface area (Å²) in [7, 11) is 0. The van der Waals surface area contributed by atoms with E-state index >= 15 is 0 Å². The van der Waals surface area contributed by atoms with Crippen molar-refractivity contribution >= 4 is 0 Å². The third-order valence-electron chi connectivity index (χ3n) is 4.03. The van der Waals surface area contributed by atoms with Crippen LogP contribution in [0, 0.1) is 18.8 Å². The zero-order valence-corrected chi connectivity index (χ0v) is 11.0. The van der Waals surface area contributed by atoms with Gasteiger partial charge in [-0.1, -0.05) is 36.8 Å². The van der Waals surface area contributed by atoms with E-state index in [0.29, 0.717) is 5.92 Å². The van der Waals surface area contributed by atoms with Crippen LogP contribution < -0.4 is 5.73 Å². The summed E-state index contributed by atoms with van der Waals surface area (Å²) in [6.07, 6.45) is 1.29. The Bertz CT molecular complexity index is 344. The van der Waals surface area contributed by atoms with Crippen LogP contribution in [0.3, 0.4) is 0 Å². The minimum absolute atomic E-state index is 0.675. The van der Waals surface area contributed by atoms with E-state index in [1.807, 2.05) is 0 Å². The van der Waals surface area contributed by atoms with Gasteiger partial charge in [-0.2, -0.15) is 0 Å². The van der Waals surface area contributed by atoms with E-state index in [-0.39, 0.29) is 0 Å². The molecule has 0 saturated carbocycles. The highest BCUT2D eigenvalue weighted by Crippen LogP contribution is 2.23. The molecule has 2 N–H and O–H groups in total. The van der Waals surface area contributed by atoms with Gasteiger partial charge in [-0.05, 0) is 43.8 Å². The number of piperidine rings is 1. The standard InChI is InChI=1S/C15H24N2/c1-12-3-5-14(6-4-12)10-17-8-7-13(2)15(9-16)11-17/h3-6,13,15H,7-11,16H2,1-2H3. The average molecular weight is 232 g/mol. The molecule has 2 heteroatoms. The Balaban J connectivity index is 1.93. The van der Waals surface area contributed by atoms with E-state index in [9.17, 15) is 0 Å². The fourth-order valence-corrected chi connectivity index (χ4v) is 2.63. The van der Waals surface area contributed by atoms with E-state index in [1.54, 1.807) is 0 Å².